The monoisotopic (exact) mass is 446 g/mol. The summed E-state index contributed by atoms with van der Waals surface area (Å²) in [5.41, 5.74) is 0.243. The molecule has 1 aliphatic rings. The molecule has 3 aromatic rings. The van der Waals surface area contributed by atoms with E-state index in [0.717, 1.165) is 24.3 Å². The molecule has 1 heterocycles. The average Bonchev–Trinajstić information content (AvgIpc) is 3.20. The molecule has 160 valence electrons. The number of hydrogen-bond donors (Lipinski definition) is 2. The zero-order valence-electron chi connectivity index (χ0n) is 15.9. The van der Waals surface area contributed by atoms with Crippen molar-refractivity contribution in [2.75, 3.05) is 12.1 Å². The van der Waals surface area contributed by atoms with Crippen molar-refractivity contribution in [1.82, 2.24) is 4.72 Å². The number of hydrogen-bond acceptors (Lipinski definition) is 5. The van der Waals surface area contributed by atoms with E-state index in [1.807, 2.05) is 0 Å². The quantitative estimate of drug-likeness (QED) is 0.605. The molecule has 3 aromatic carbocycles. The van der Waals surface area contributed by atoms with Crippen LogP contribution < -0.4 is 19.5 Å². The third kappa shape index (κ3) is 4.65. The Labute approximate surface area is 176 Å². The fraction of sp³-hybridized carbons (Fsp3) is 0.0952. The molecule has 4 rings (SSSR count). The highest BCUT2D eigenvalue weighted by molar-refractivity contribution is 7.89. The SMILES string of the molecule is O=C(Nc1cccc(F)c1)c1cc(S(=O)(=O)NCc2ccc3c(c2)OCO3)ccc1F. The van der Waals surface area contributed by atoms with Gasteiger partial charge < -0.3 is 14.8 Å². The zero-order valence-corrected chi connectivity index (χ0v) is 16.7. The standard InChI is InChI=1S/C21H16F2N2O5S/c22-14-2-1-3-15(9-14)25-21(26)17-10-16(5-6-18(17)23)31(27,28)24-11-13-4-7-19-20(8-13)30-12-29-19/h1-10,24H,11-12H2,(H,25,26). The van der Waals surface area contributed by atoms with Crippen LogP contribution in [0.1, 0.15) is 15.9 Å². The van der Waals surface area contributed by atoms with Crippen molar-refractivity contribution in [3.63, 3.8) is 0 Å². The molecule has 31 heavy (non-hydrogen) atoms. The second-order valence-electron chi connectivity index (χ2n) is 6.62. The van der Waals surface area contributed by atoms with E-state index in [0.29, 0.717) is 17.1 Å². The molecule has 10 heteroatoms. The molecule has 0 atom stereocenters. The third-order valence-corrected chi connectivity index (χ3v) is 5.88. The van der Waals surface area contributed by atoms with Gasteiger partial charge in [-0.1, -0.05) is 12.1 Å². The minimum absolute atomic E-state index is 0.0544. The molecule has 1 aliphatic heterocycles. The summed E-state index contributed by atoms with van der Waals surface area (Å²) in [5, 5.41) is 2.34. The summed E-state index contributed by atoms with van der Waals surface area (Å²) in [5.74, 6) is -1.32. The first-order chi connectivity index (χ1) is 14.8. The van der Waals surface area contributed by atoms with Gasteiger partial charge in [0.2, 0.25) is 16.8 Å². The number of rotatable bonds is 6. The van der Waals surface area contributed by atoms with Crippen LogP contribution >= 0.6 is 0 Å². The van der Waals surface area contributed by atoms with Gasteiger partial charge in [-0.3, -0.25) is 4.79 Å². The van der Waals surface area contributed by atoms with Gasteiger partial charge in [-0.05, 0) is 54.1 Å². The Bertz CT molecular complexity index is 1260. The Kier molecular flexibility index (Phi) is 5.57. The van der Waals surface area contributed by atoms with E-state index in [4.69, 9.17) is 9.47 Å². The fourth-order valence-corrected chi connectivity index (χ4v) is 3.97. The predicted molar refractivity (Wildman–Crippen MR) is 107 cm³/mol. The molecule has 0 unspecified atom stereocenters. The number of sulfonamides is 1. The molecule has 2 N–H and O–H groups in total. The van der Waals surface area contributed by atoms with Gasteiger partial charge in [-0.15, -0.1) is 0 Å². The smallest absolute Gasteiger partial charge is 0.258 e. The van der Waals surface area contributed by atoms with Crippen LogP contribution in [0.4, 0.5) is 14.5 Å². The normalized spacial score (nSPS) is 12.6. The van der Waals surface area contributed by atoms with Gasteiger partial charge >= 0.3 is 0 Å². The van der Waals surface area contributed by atoms with Gasteiger partial charge in [0.25, 0.3) is 5.91 Å². The maximum Gasteiger partial charge on any atom is 0.258 e. The van der Waals surface area contributed by atoms with Crippen molar-refractivity contribution >= 4 is 21.6 Å². The van der Waals surface area contributed by atoms with Crippen molar-refractivity contribution < 1.29 is 31.5 Å². The van der Waals surface area contributed by atoms with Crippen LogP contribution in [0, 0.1) is 11.6 Å². The van der Waals surface area contributed by atoms with Crippen molar-refractivity contribution in [2.45, 2.75) is 11.4 Å². The summed E-state index contributed by atoms with van der Waals surface area (Å²) < 4.78 is 65.7. The van der Waals surface area contributed by atoms with Crippen LogP contribution in [0.3, 0.4) is 0 Å². The summed E-state index contributed by atoms with van der Waals surface area (Å²) in [7, 11) is -4.05. The van der Waals surface area contributed by atoms with E-state index in [1.54, 1.807) is 18.2 Å². The maximum absolute atomic E-state index is 14.2. The number of nitrogens with one attached hydrogen (secondary N) is 2. The van der Waals surface area contributed by atoms with E-state index in [1.165, 1.54) is 18.2 Å². The van der Waals surface area contributed by atoms with E-state index in [9.17, 15) is 22.0 Å². The molecule has 0 radical (unpaired) electrons. The lowest BCUT2D eigenvalue weighted by Crippen LogP contribution is -2.24. The number of carbonyl (C=O) groups is 1. The topological polar surface area (TPSA) is 93.7 Å². The first-order valence-corrected chi connectivity index (χ1v) is 10.5. The van der Waals surface area contributed by atoms with E-state index in [2.05, 4.69) is 10.0 Å². The minimum atomic E-state index is -4.05. The lowest BCUT2D eigenvalue weighted by atomic mass is 10.2. The van der Waals surface area contributed by atoms with Crippen LogP contribution in [0.15, 0.2) is 65.6 Å². The number of fused-ring (bicyclic) bond motifs is 1. The summed E-state index contributed by atoms with van der Waals surface area (Å²) in [6, 6.07) is 12.9. The minimum Gasteiger partial charge on any atom is -0.454 e. The van der Waals surface area contributed by atoms with Crippen LogP contribution in [0.25, 0.3) is 0 Å². The molecule has 0 bridgehead atoms. The number of anilines is 1. The van der Waals surface area contributed by atoms with Crippen molar-refractivity contribution in [3.8, 4) is 11.5 Å². The largest absolute Gasteiger partial charge is 0.454 e. The molecule has 0 fully saturated rings. The molecule has 0 spiro atoms. The number of benzene rings is 3. The van der Waals surface area contributed by atoms with Crippen molar-refractivity contribution in [2.24, 2.45) is 0 Å². The van der Waals surface area contributed by atoms with Gasteiger partial charge in [0.15, 0.2) is 11.5 Å². The lowest BCUT2D eigenvalue weighted by molar-refractivity contribution is 0.102. The van der Waals surface area contributed by atoms with Crippen LogP contribution in [0.2, 0.25) is 0 Å². The Morgan fingerprint density at radius 3 is 2.58 bits per heavy atom. The number of ether oxygens (including phenoxy) is 2. The molecule has 1 amide bonds. The van der Waals surface area contributed by atoms with Gasteiger partial charge in [0.05, 0.1) is 10.5 Å². The molecular weight excluding hydrogens is 430 g/mol. The van der Waals surface area contributed by atoms with Gasteiger partial charge in [0, 0.05) is 12.2 Å². The molecule has 0 saturated heterocycles. The third-order valence-electron chi connectivity index (χ3n) is 4.48. The van der Waals surface area contributed by atoms with E-state index < -0.39 is 33.1 Å². The Balaban J connectivity index is 1.51. The molecule has 0 aromatic heterocycles. The second-order valence-corrected chi connectivity index (χ2v) is 8.39. The van der Waals surface area contributed by atoms with Gasteiger partial charge in [-0.2, -0.15) is 0 Å². The first-order valence-electron chi connectivity index (χ1n) is 9.06. The van der Waals surface area contributed by atoms with Crippen molar-refractivity contribution in [1.29, 1.82) is 0 Å². The molecular formula is C21H16F2N2O5S. The molecule has 0 saturated carbocycles. The number of carbonyl (C=O) groups excluding carboxylic acids is 1. The second kappa shape index (κ2) is 8.32. The number of amides is 1. The zero-order chi connectivity index (χ0) is 22.0. The van der Waals surface area contributed by atoms with Crippen LogP contribution in [-0.2, 0) is 16.6 Å². The average molecular weight is 446 g/mol. The molecule has 0 aliphatic carbocycles. The maximum atomic E-state index is 14.2. The van der Waals surface area contributed by atoms with Crippen LogP contribution in [0.5, 0.6) is 11.5 Å². The fourth-order valence-electron chi connectivity index (χ4n) is 2.92. The summed E-state index contributed by atoms with van der Waals surface area (Å²) >= 11 is 0. The Morgan fingerprint density at radius 2 is 1.77 bits per heavy atom. The summed E-state index contributed by atoms with van der Waals surface area (Å²) in [4.78, 5) is 12.1. The highest BCUT2D eigenvalue weighted by atomic mass is 32.2. The highest BCUT2D eigenvalue weighted by Crippen LogP contribution is 2.32. The van der Waals surface area contributed by atoms with Crippen LogP contribution in [-0.4, -0.2) is 21.1 Å². The van der Waals surface area contributed by atoms with Gasteiger partial charge in [0.1, 0.15) is 11.6 Å². The number of halogens is 2. The predicted octanol–water partition coefficient (Wildman–Crippen LogP) is 3.42. The Hall–Kier alpha value is -3.50. The van der Waals surface area contributed by atoms with E-state index in [-0.39, 0.29) is 23.9 Å². The highest BCUT2D eigenvalue weighted by Gasteiger charge is 2.20. The van der Waals surface area contributed by atoms with E-state index >= 15 is 0 Å². The van der Waals surface area contributed by atoms with Gasteiger partial charge in [-0.25, -0.2) is 21.9 Å². The Morgan fingerprint density at radius 1 is 0.968 bits per heavy atom. The molecule has 7 nitrogen and oxygen atoms in total. The summed E-state index contributed by atoms with van der Waals surface area (Å²) in [6.07, 6.45) is 0. The summed E-state index contributed by atoms with van der Waals surface area (Å²) in [6.45, 7) is 0.0434. The lowest BCUT2D eigenvalue weighted by Gasteiger charge is -2.10. The first kappa shape index (κ1) is 20.8. The van der Waals surface area contributed by atoms with Crippen molar-refractivity contribution in [3.05, 3.63) is 83.4 Å².